The van der Waals surface area contributed by atoms with Gasteiger partial charge in [-0.15, -0.1) is 0 Å². The number of rotatable bonds is 5. The number of halogens is 2. The maximum Gasteiger partial charge on any atom is 0.142 e. The van der Waals surface area contributed by atoms with Gasteiger partial charge in [0.15, 0.2) is 0 Å². The molecule has 3 heteroatoms. The summed E-state index contributed by atoms with van der Waals surface area (Å²) >= 11 is 5.67. The zero-order valence-corrected chi connectivity index (χ0v) is 11.1. The third kappa shape index (κ3) is 3.68. The molecule has 0 heterocycles. The fourth-order valence-corrected chi connectivity index (χ4v) is 2.12. The van der Waals surface area contributed by atoms with Crippen LogP contribution < -0.4 is 5.32 Å². The van der Waals surface area contributed by atoms with E-state index in [0.29, 0.717) is 12.0 Å². The second kappa shape index (κ2) is 5.36. The van der Waals surface area contributed by atoms with E-state index >= 15 is 0 Å². The molecule has 0 bridgehead atoms. The van der Waals surface area contributed by atoms with E-state index in [1.54, 1.807) is 12.1 Å². The van der Waals surface area contributed by atoms with Crippen LogP contribution in [-0.4, -0.2) is 12.1 Å². The highest BCUT2D eigenvalue weighted by Gasteiger charge is 2.25. The summed E-state index contributed by atoms with van der Waals surface area (Å²) in [4.78, 5) is 0. The molecule has 0 radical (unpaired) electrons. The van der Waals surface area contributed by atoms with Gasteiger partial charge in [0.25, 0.3) is 0 Å². The molecule has 0 aromatic heterocycles. The molecular formula is C14H19ClFN. The van der Waals surface area contributed by atoms with Gasteiger partial charge in [-0.2, -0.15) is 0 Å². The molecule has 1 saturated carbocycles. The van der Waals surface area contributed by atoms with Gasteiger partial charge in [-0.1, -0.05) is 24.6 Å². The van der Waals surface area contributed by atoms with Gasteiger partial charge in [0.05, 0.1) is 5.02 Å². The fourth-order valence-electron chi connectivity index (χ4n) is 2.00. The fraction of sp³-hybridized carbons (Fsp3) is 0.571. The molecule has 2 atom stereocenters. The molecule has 2 unspecified atom stereocenters. The summed E-state index contributed by atoms with van der Waals surface area (Å²) in [5, 5.41) is 3.78. The van der Waals surface area contributed by atoms with Crippen LogP contribution in [-0.2, 0) is 6.42 Å². The summed E-state index contributed by atoms with van der Waals surface area (Å²) in [6, 6.07) is 6.28. The lowest BCUT2D eigenvalue weighted by atomic mass is 9.95. The third-order valence-electron chi connectivity index (χ3n) is 3.47. The maximum absolute atomic E-state index is 13.3. The van der Waals surface area contributed by atoms with Crippen molar-refractivity contribution in [3.05, 3.63) is 34.6 Å². The molecule has 0 saturated heterocycles. The number of nitrogens with one attached hydrogen (secondary N) is 1. The lowest BCUT2D eigenvalue weighted by Crippen LogP contribution is -2.34. The molecule has 2 rings (SSSR count). The van der Waals surface area contributed by atoms with Crippen molar-refractivity contribution in [2.75, 3.05) is 0 Å². The molecule has 0 amide bonds. The van der Waals surface area contributed by atoms with Crippen LogP contribution in [0.25, 0.3) is 0 Å². The quantitative estimate of drug-likeness (QED) is 0.844. The molecule has 1 aliphatic rings. The van der Waals surface area contributed by atoms with Crippen molar-refractivity contribution < 1.29 is 4.39 Å². The minimum Gasteiger partial charge on any atom is -0.311 e. The van der Waals surface area contributed by atoms with Crippen molar-refractivity contribution in [1.82, 2.24) is 5.32 Å². The minimum atomic E-state index is -0.320. The maximum atomic E-state index is 13.3. The van der Waals surface area contributed by atoms with Crippen LogP contribution in [0.3, 0.4) is 0 Å². The first-order valence-electron chi connectivity index (χ1n) is 6.26. The average Bonchev–Trinajstić information content (AvgIpc) is 3.07. The SMILES string of the molecule is CC(Cc1ccc(Cl)c(F)c1)C(C)NC1CC1. The van der Waals surface area contributed by atoms with Crippen LogP contribution in [0, 0.1) is 11.7 Å². The highest BCUT2D eigenvalue weighted by atomic mass is 35.5. The first-order valence-corrected chi connectivity index (χ1v) is 6.64. The molecule has 1 fully saturated rings. The summed E-state index contributed by atoms with van der Waals surface area (Å²) in [6.45, 7) is 4.40. The van der Waals surface area contributed by atoms with Gasteiger partial charge in [0, 0.05) is 12.1 Å². The zero-order valence-electron chi connectivity index (χ0n) is 10.3. The highest BCUT2D eigenvalue weighted by molar-refractivity contribution is 6.30. The van der Waals surface area contributed by atoms with Crippen LogP contribution in [0.1, 0.15) is 32.3 Å². The largest absolute Gasteiger partial charge is 0.311 e. The standard InChI is InChI=1S/C14H19ClFN/c1-9(10(2)17-12-4-5-12)7-11-3-6-13(15)14(16)8-11/h3,6,8-10,12,17H,4-5,7H2,1-2H3. The molecule has 94 valence electrons. The van der Waals surface area contributed by atoms with Crippen molar-refractivity contribution in [2.24, 2.45) is 5.92 Å². The van der Waals surface area contributed by atoms with Gasteiger partial charge in [-0.3, -0.25) is 0 Å². The van der Waals surface area contributed by atoms with Crippen LogP contribution in [0.2, 0.25) is 5.02 Å². The predicted octanol–water partition coefficient (Wildman–Crippen LogP) is 3.80. The van der Waals surface area contributed by atoms with Crippen LogP contribution >= 0.6 is 11.6 Å². The van der Waals surface area contributed by atoms with E-state index in [0.717, 1.165) is 18.0 Å². The van der Waals surface area contributed by atoms with Gasteiger partial charge < -0.3 is 5.32 Å². The summed E-state index contributed by atoms with van der Waals surface area (Å²) in [5.74, 6) is 0.176. The number of hydrogen-bond acceptors (Lipinski definition) is 1. The summed E-state index contributed by atoms with van der Waals surface area (Å²) in [6.07, 6.45) is 3.48. The van der Waals surface area contributed by atoms with Gasteiger partial charge >= 0.3 is 0 Å². The van der Waals surface area contributed by atoms with Gasteiger partial charge in [0.1, 0.15) is 5.82 Å². The lowest BCUT2D eigenvalue weighted by Gasteiger charge is -2.21. The molecule has 17 heavy (non-hydrogen) atoms. The zero-order chi connectivity index (χ0) is 12.4. The Kier molecular flexibility index (Phi) is 4.05. The smallest absolute Gasteiger partial charge is 0.142 e. The summed E-state index contributed by atoms with van der Waals surface area (Å²) in [7, 11) is 0. The van der Waals surface area contributed by atoms with Crippen molar-refractivity contribution in [3.63, 3.8) is 0 Å². The Labute approximate surface area is 107 Å². The first kappa shape index (κ1) is 12.8. The molecular weight excluding hydrogens is 237 g/mol. The van der Waals surface area contributed by atoms with Crippen LogP contribution in [0.4, 0.5) is 4.39 Å². The molecule has 1 aromatic rings. The Morgan fingerprint density at radius 2 is 2.12 bits per heavy atom. The van der Waals surface area contributed by atoms with Gasteiger partial charge in [-0.25, -0.2) is 4.39 Å². The second-order valence-electron chi connectivity index (χ2n) is 5.16. The molecule has 0 spiro atoms. The van der Waals surface area contributed by atoms with E-state index in [-0.39, 0.29) is 10.8 Å². The third-order valence-corrected chi connectivity index (χ3v) is 3.78. The Morgan fingerprint density at radius 3 is 2.71 bits per heavy atom. The predicted molar refractivity (Wildman–Crippen MR) is 69.9 cm³/mol. The van der Waals surface area contributed by atoms with E-state index in [2.05, 4.69) is 19.2 Å². The van der Waals surface area contributed by atoms with E-state index in [1.807, 2.05) is 6.07 Å². The van der Waals surface area contributed by atoms with E-state index in [9.17, 15) is 4.39 Å². The Balaban J connectivity index is 1.91. The lowest BCUT2D eigenvalue weighted by molar-refractivity contribution is 0.395. The Bertz CT molecular complexity index is 390. The van der Waals surface area contributed by atoms with Crippen molar-refractivity contribution >= 4 is 11.6 Å². The van der Waals surface area contributed by atoms with E-state index in [4.69, 9.17) is 11.6 Å². The Hall–Kier alpha value is -0.600. The van der Waals surface area contributed by atoms with E-state index in [1.165, 1.54) is 12.8 Å². The minimum absolute atomic E-state index is 0.200. The number of benzene rings is 1. The Morgan fingerprint density at radius 1 is 1.41 bits per heavy atom. The van der Waals surface area contributed by atoms with Crippen molar-refractivity contribution in [3.8, 4) is 0 Å². The average molecular weight is 256 g/mol. The monoisotopic (exact) mass is 255 g/mol. The van der Waals surface area contributed by atoms with E-state index < -0.39 is 0 Å². The first-order chi connectivity index (χ1) is 8.06. The second-order valence-corrected chi connectivity index (χ2v) is 5.57. The number of hydrogen-bond donors (Lipinski definition) is 1. The van der Waals surface area contributed by atoms with Crippen LogP contribution in [0.5, 0.6) is 0 Å². The van der Waals surface area contributed by atoms with Crippen molar-refractivity contribution in [1.29, 1.82) is 0 Å². The molecule has 1 aliphatic carbocycles. The summed E-state index contributed by atoms with van der Waals surface area (Å²) in [5.41, 5.74) is 1.02. The molecule has 1 nitrogen and oxygen atoms in total. The van der Waals surface area contributed by atoms with Gasteiger partial charge in [-0.05, 0) is 49.8 Å². The van der Waals surface area contributed by atoms with Crippen molar-refractivity contribution in [2.45, 2.75) is 45.2 Å². The topological polar surface area (TPSA) is 12.0 Å². The van der Waals surface area contributed by atoms with Gasteiger partial charge in [0.2, 0.25) is 0 Å². The molecule has 1 N–H and O–H groups in total. The van der Waals surface area contributed by atoms with Crippen LogP contribution in [0.15, 0.2) is 18.2 Å². The normalized spacial score (nSPS) is 19.1. The summed E-state index contributed by atoms with van der Waals surface area (Å²) < 4.78 is 13.3. The molecule has 1 aromatic carbocycles. The molecule has 0 aliphatic heterocycles. The highest BCUT2D eigenvalue weighted by Crippen LogP contribution is 2.23.